The quantitative estimate of drug-likeness (QED) is 0.218. The lowest BCUT2D eigenvalue weighted by molar-refractivity contribution is 1.41. The molecule has 0 radical (unpaired) electrons. The first-order valence-corrected chi connectivity index (χ1v) is 13.7. The van der Waals surface area contributed by atoms with Crippen molar-refractivity contribution in [2.45, 2.75) is 0 Å². The molecule has 0 fully saturated rings. The van der Waals surface area contributed by atoms with E-state index >= 15 is 0 Å². The molecule has 0 unspecified atom stereocenters. The Morgan fingerprint density at radius 1 is 0.400 bits per heavy atom. The van der Waals surface area contributed by atoms with Crippen LogP contribution in [0.15, 0.2) is 134 Å². The Kier molecular flexibility index (Phi) is 4.36. The Hall–Kier alpha value is -5.34. The molecule has 0 saturated carbocycles. The van der Waals surface area contributed by atoms with Crippen molar-refractivity contribution in [3.05, 3.63) is 134 Å². The molecule has 2 nitrogen and oxygen atoms in total. The van der Waals surface area contributed by atoms with E-state index in [9.17, 15) is 0 Å². The van der Waals surface area contributed by atoms with Gasteiger partial charge in [0.15, 0.2) is 0 Å². The Bertz CT molecular complexity index is 2390. The van der Waals surface area contributed by atoms with Gasteiger partial charge in [-0.1, -0.05) is 115 Å². The molecule has 0 aliphatic carbocycles. The Labute approximate surface area is 230 Å². The first-order valence-electron chi connectivity index (χ1n) is 13.7. The van der Waals surface area contributed by atoms with Gasteiger partial charge in [0.05, 0.1) is 16.7 Å². The highest BCUT2D eigenvalue weighted by Gasteiger charge is 2.15. The SMILES string of the molecule is c1cnc2c(c1)ccc1c(-c3ccc(-c4ccc5ccc6cccc7ccc4c5c67)cc3)nc3ccccc3c12. The number of benzene rings is 7. The van der Waals surface area contributed by atoms with E-state index in [-0.39, 0.29) is 0 Å². The van der Waals surface area contributed by atoms with Gasteiger partial charge in [-0.3, -0.25) is 4.98 Å². The Morgan fingerprint density at radius 2 is 1.07 bits per heavy atom. The van der Waals surface area contributed by atoms with Gasteiger partial charge in [0, 0.05) is 33.3 Å². The van der Waals surface area contributed by atoms with Crippen molar-refractivity contribution in [3.8, 4) is 22.4 Å². The molecule has 0 aliphatic heterocycles. The maximum Gasteiger partial charge on any atom is 0.0788 e. The molecule has 9 rings (SSSR count). The van der Waals surface area contributed by atoms with Gasteiger partial charge in [-0.25, -0.2) is 4.98 Å². The highest BCUT2D eigenvalue weighted by atomic mass is 14.7. The van der Waals surface area contributed by atoms with Crippen LogP contribution in [0.4, 0.5) is 0 Å². The van der Waals surface area contributed by atoms with Crippen LogP contribution >= 0.6 is 0 Å². The van der Waals surface area contributed by atoms with Crippen LogP contribution in [-0.2, 0) is 0 Å². The van der Waals surface area contributed by atoms with Gasteiger partial charge in [0.25, 0.3) is 0 Å². The monoisotopic (exact) mass is 506 g/mol. The molecule has 9 aromatic rings. The topological polar surface area (TPSA) is 25.8 Å². The average Bonchev–Trinajstić information content (AvgIpc) is 3.03. The van der Waals surface area contributed by atoms with E-state index in [1.54, 1.807) is 0 Å². The Balaban J connectivity index is 1.26. The third-order valence-corrected chi connectivity index (χ3v) is 8.43. The van der Waals surface area contributed by atoms with Crippen molar-refractivity contribution in [1.29, 1.82) is 0 Å². The smallest absolute Gasteiger partial charge is 0.0788 e. The van der Waals surface area contributed by atoms with E-state index in [2.05, 4.69) is 121 Å². The summed E-state index contributed by atoms with van der Waals surface area (Å²) in [5, 5.41) is 12.4. The van der Waals surface area contributed by atoms with E-state index in [0.29, 0.717) is 0 Å². The molecule has 0 bridgehead atoms. The van der Waals surface area contributed by atoms with Gasteiger partial charge >= 0.3 is 0 Å². The van der Waals surface area contributed by atoms with E-state index in [4.69, 9.17) is 9.97 Å². The predicted molar refractivity (Wildman–Crippen MR) is 169 cm³/mol. The second-order valence-corrected chi connectivity index (χ2v) is 10.6. The van der Waals surface area contributed by atoms with Gasteiger partial charge in [-0.05, 0) is 55.6 Å². The third kappa shape index (κ3) is 2.99. The van der Waals surface area contributed by atoms with Crippen LogP contribution in [0.2, 0.25) is 0 Å². The minimum atomic E-state index is 0.985. The maximum absolute atomic E-state index is 5.16. The van der Waals surface area contributed by atoms with Gasteiger partial charge in [0.2, 0.25) is 0 Å². The standard InChI is InChI=1S/C38H22N2/c1-2-9-33-31(8-1)36-32(21-18-27-7-4-22-39-38(27)36)37(40-33)28-14-10-23(11-15-28)29-19-16-26-13-12-24-5-3-6-25-17-20-30(29)35(26)34(24)25/h1-22H. The zero-order valence-electron chi connectivity index (χ0n) is 21.6. The second-order valence-electron chi connectivity index (χ2n) is 10.6. The molecule has 0 saturated heterocycles. The lowest BCUT2D eigenvalue weighted by atomic mass is 9.89. The van der Waals surface area contributed by atoms with Crippen LogP contribution in [0.1, 0.15) is 0 Å². The van der Waals surface area contributed by atoms with Gasteiger partial charge in [-0.15, -0.1) is 0 Å². The number of aromatic nitrogens is 2. The number of rotatable bonds is 2. The van der Waals surface area contributed by atoms with Crippen molar-refractivity contribution >= 4 is 64.9 Å². The van der Waals surface area contributed by atoms with Crippen LogP contribution < -0.4 is 0 Å². The molecule has 0 N–H and O–H groups in total. The van der Waals surface area contributed by atoms with Crippen LogP contribution in [0.25, 0.3) is 87.3 Å². The molecular formula is C38H22N2. The first-order chi connectivity index (χ1) is 19.8. The highest BCUT2D eigenvalue weighted by Crippen LogP contribution is 2.40. The van der Waals surface area contributed by atoms with Crippen LogP contribution in [-0.4, -0.2) is 9.97 Å². The highest BCUT2D eigenvalue weighted by molar-refractivity contribution is 6.25. The minimum absolute atomic E-state index is 0.985. The summed E-state index contributed by atoms with van der Waals surface area (Å²) in [6.45, 7) is 0. The number of nitrogens with zero attached hydrogens (tertiary/aromatic N) is 2. The largest absolute Gasteiger partial charge is 0.256 e. The van der Waals surface area contributed by atoms with Gasteiger partial charge < -0.3 is 0 Å². The van der Waals surface area contributed by atoms with Crippen molar-refractivity contribution in [2.75, 3.05) is 0 Å². The molecule has 184 valence electrons. The lowest BCUT2D eigenvalue weighted by Crippen LogP contribution is -1.92. The molecule has 2 aromatic heterocycles. The molecule has 40 heavy (non-hydrogen) atoms. The maximum atomic E-state index is 5.16. The van der Waals surface area contributed by atoms with Crippen LogP contribution in [0.3, 0.4) is 0 Å². The molecule has 0 aliphatic rings. The number of fused-ring (bicyclic) bond motifs is 5. The third-order valence-electron chi connectivity index (χ3n) is 8.43. The van der Waals surface area contributed by atoms with Crippen LogP contribution in [0.5, 0.6) is 0 Å². The van der Waals surface area contributed by atoms with Crippen molar-refractivity contribution in [2.24, 2.45) is 0 Å². The molecule has 0 atom stereocenters. The van der Waals surface area contributed by atoms with Gasteiger partial charge in [-0.2, -0.15) is 0 Å². The molecule has 2 heteroatoms. The fourth-order valence-electron chi connectivity index (χ4n) is 6.59. The first kappa shape index (κ1) is 21.6. The second kappa shape index (κ2) is 8.08. The van der Waals surface area contributed by atoms with Crippen LogP contribution in [0, 0.1) is 0 Å². The fraction of sp³-hybridized carbons (Fsp3) is 0. The summed E-state index contributed by atoms with van der Waals surface area (Å²) in [5.74, 6) is 0. The predicted octanol–water partition coefficient (Wildman–Crippen LogP) is 10.2. The van der Waals surface area contributed by atoms with E-state index in [0.717, 1.165) is 43.8 Å². The van der Waals surface area contributed by atoms with Crippen molar-refractivity contribution in [3.63, 3.8) is 0 Å². The molecule has 2 heterocycles. The summed E-state index contributed by atoms with van der Waals surface area (Å²) in [5.41, 5.74) is 6.56. The zero-order chi connectivity index (χ0) is 26.2. The molecule has 0 spiro atoms. The lowest BCUT2D eigenvalue weighted by Gasteiger charge is -2.15. The van der Waals surface area contributed by atoms with E-state index in [1.807, 2.05) is 12.3 Å². The van der Waals surface area contributed by atoms with Crippen molar-refractivity contribution in [1.82, 2.24) is 9.97 Å². The summed E-state index contributed by atoms with van der Waals surface area (Å²) in [6.07, 6.45) is 1.88. The molecule has 7 aromatic carbocycles. The zero-order valence-corrected chi connectivity index (χ0v) is 21.6. The normalized spacial score (nSPS) is 12.0. The van der Waals surface area contributed by atoms with E-state index < -0.39 is 0 Å². The molecular weight excluding hydrogens is 484 g/mol. The van der Waals surface area contributed by atoms with Crippen molar-refractivity contribution < 1.29 is 0 Å². The summed E-state index contributed by atoms with van der Waals surface area (Å²) < 4.78 is 0. The number of para-hydroxylation sites is 1. The van der Waals surface area contributed by atoms with Gasteiger partial charge in [0.1, 0.15) is 0 Å². The number of pyridine rings is 2. The summed E-state index contributed by atoms with van der Waals surface area (Å²) in [4.78, 5) is 9.94. The number of hydrogen-bond acceptors (Lipinski definition) is 2. The molecule has 0 amide bonds. The summed E-state index contributed by atoms with van der Waals surface area (Å²) in [7, 11) is 0. The fourth-order valence-corrected chi connectivity index (χ4v) is 6.59. The minimum Gasteiger partial charge on any atom is -0.256 e. The summed E-state index contributed by atoms with van der Waals surface area (Å²) >= 11 is 0. The summed E-state index contributed by atoms with van der Waals surface area (Å²) in [6, 6.07) is 45.9. The average molecular weight is 507 g/mol. The van der Waals surface area contributed by atoms with E-state index in [1.165, 1.54) is 43.4 Å². The number of hydrogen-bond donors (Lipinski definition) is 0. The Morgan fingerprint density at radius 3 is 1.95 bits per heavy atom.